The monoisotopic (exact) mass is 406 g/mol. The molecule has 7 heteroatoms. The van der Waals surface area contributed by atoms with Gasteiger partial charge in [-0.2, -0.15) is 5.10 Å². The molecule has 6 nitrogen and oxygen atoms in total. The molecule has 4 rings (SSSR count). The van der Waals surface area contributed by atoms with Gasteiger partial charge in [0, 0.05) is 23.8 Å². The largest absolute Gasteiger partial charge is 0.744 e. The minimum Gasteiger partial charge on any atom is -0.744 e. The fourth-order valence-corrected chi connectivity index (χ4v) is 3.72. The van der Waals surface area contributed by atoms with Crippen LogP contribution in [0.4, 0.5) is 0 Å². The lowest BCUT2D eigenvalue weighted by atomic mass is 10.1. The zero-order valence-electron chi connectivity index (χ0n) is 15.6. The third-order valence-corrected chi connectivity index (χ3v) is 5.24. The van der Waals surface area contributed by atoms with Crippen LogP contribution in [0.15, 0.2) is 89.8 Å². The molecule has 0 bridgehead atoms. The van der Waals surface area contributed by atoms with Crippen molar-refractivity contribution in [1.29, 1.82) is 0 Å². The first-order valence-corrected chi connectivity index (χ1v) is 10.3. The summed E-state index contributed by atoms with van der Waals surface area (Å²) in [6.07, 6.45) is 0. The average Bonchev–Trinajstić information content (AvgIpc) is 3.11. The number of nitrogens with zero attached hydrogens (tertiary/aromatic N) is 1. The summed E-state index contributed by atoms with van der Waals surface area (Å²) in [6.45, 7) is 1.90. The number of para-hydroxylation sites is 1. The van der Waals surface area contributed by atoms with Crippen LogP contribution in [-0.4, -0.2) is 18.1 Å². The first-order valence-electron chi connectivity index (χ1n) is 8.92. The third kappa shape index (κ3) is 4.06. The molecule has 0 fully saturated rings. The zero-order valence-corrected chi connectivity index (χ0v) is 16.4. The first kappa shape index (κ1) is 18.9. The molecule has 29 heavy (non-hydrogen) atoms. The number of nitrogens with one attached hydrogen (secondary N) is 1. The molecule has 0 atom stereocenters. The highest BCUT2D eigenvalue weighted by molar-refractivity contribution is 7.85. The number of ether oxygens (including phenoxy) is 1. The van der Waals surface area contributed by atoms with E-state index in [1.54, 1.807) is 35.0 Å². The molecule has 0 amide bonds. The molecule has 0 aliphatic rings. The van der Waals surface area contributed by atoms with Crippen LogP contribution in [0, 0.1) is 6.92 Å². The molecule has 0 unspecified atom stereocenters. The van der Waals surface area contributed by atoms with Gasteiger partial charge in [-0.1, -0.05) is 41.1 Å². The van der Waals surface area contributed by atoms with E-state index in [-0.39, 0.29) is 5.75 Å². The van der Waals surface area contributed by atoms with Gasteiger partial charge in [0.15, 0.2) is 0 Å². The number of rotatable bonds is 5. The second kappa shape index (κ2) is 7.54. The smallest absolute Gasteiger partial charge is 0.245 e. The van der Waals surface area contributed by atoms with Gasteiger partial charge in [0.25, 0.3) is 0 Å². The Kier molecular flexibility index (Phi) is 4.92. The number of hydrogen-bond donors (Lipinski definition) is 1. The molecule has 1 heterocycles. The average molecular weight is 406 g/mol. The molecule has 1 N–H and O–H groups in total. The van der Waals surface area contributed by atoms with E-state index in [1.165, 1.54) is 12.1 Å². The topological polar surface area (TPSA) is 86.1 Å². The summed E-state index contributed by atoms with van der Waals surface area (Å²) in [7, 11) is -4.76. The van der Waals surface area contributed by atoms with Crippen LogP contribution in [0.2, 0.25) is 0 Å². The third-order valence-electron chi connectivity index (χ3n) is 4.38. The van der Waals surface area contributed by atoms with Gasteiger partial charge in [-0.05, 0) is 37.3 Å². The van der Waals surface area contributed by atoms with Gasteiger partial charge in [0.05, 0.1) is 5.69 Å². The molecule has 0 aliphatic heterocycles. The minimum atomic E-state index is -4.76. The molecular formula is C22H18N2O4S. The minimum absolute atomic E-state index is 0.0138. The number of aromatic nitrogens is 2. The maximum absolute atomic E-state index is 11.9. The van der Waals surface area contributed by atoms with Crippen molar-refractivity contribution in [2.75, 3.05) is 0 Å². The van der Waals surface area contributed by atoms with Crippen molar-refractivity contribution in [2.45, 2.75) is 11.8 Å². The van der Waals surface area contributed by atoms with Gasteiger partial charge in [0.2, 0.25) is 11.4 Å². The van der Waals surface area contributed by atoms with Crippen molar-refractivity contribution in [3.8, 4) is 28.4 Å². The summed E-state index contributed by atoms with van der Waals surface area (Å²) < 4.78 is 43.2. The summed E-state index contributed by atoms with van der Waals surface area (Å²) in [4.78, 5) is -0.419. The van der Waals surface area contributed by atoms with E-state index < -0.39 is 15.0 Å². The molecule has 1 aromatic heterocycles. The maximum atomic E-state index is 11.9. The van der Waals surface area contributed by atoms with Crippen molar-refractivity contribution >= 4 is 10.1 Å². The van der Waals surface area contributed by atoms with Crippen LogP contribution in [0.25, 0.3) is 16.9 Å². The number of hydrogen-bond acceptors (Lipinski definition) is 4. The van der Waals surface area contributed by atoms with Crippen molar-refractivity contribution in [2.24, 2.45) is 0 Å². The Labute approximate surface area is 168 Å². The maximum Gasteiger partial charge on any atom is 0.245 e. The predicted octanol–water partition coefficient (Wildman–Crippen LogP) is 3.96. The van der Waals surface area contributed by atoms with Crippen LogP contribution >= 0.6 is 0 Å². The Hall–Kier alpha value is -3.42. The quantitative estimate of drug-likeness (QED) is 0.401. The van der Waals surface area contributed by atoms with Crippen LogP contribution < -0.4 is 9.42 Å². The standard InChI is InChI=1S/C22H18N2O4S/c1-16-14-20(17-8-4-2-5-9-17)24(23-16)18-12-13-21(22(15-18)29(25,26)27)28-19-10-6-3-7-11-19/h2-15H,1H3,(H,25,26,27). The first-order chi connectivity index (χ1) is 13.9. The SMILES string of the molecule is Cc1cc(-c2ccccc2)[n+](-c2ccc(Oc3ccccc3)c(S(=O)(=O)[O-])c2)[nH]1. The van der Waals surface area contributed by atoms with E-state index in [4.69, 9.17) is 4.74 Å². The molecular weight excluding hydrogens is 388 g/mol. The lowest BCUT2D eigenvalue weighted by Gasteiger charge is -2.14. The number of H-pyrrole nitrogens is 1. The highest BCUT2D eigenvalue weighted by atomic mass is 32.2. The van der Waals surface area contributed by atoms with Crippen LogP contribution in [0.3, 0.4) is 0 Å². The Morgan fingerprint density at radius 1 is 0.897 bits per heavy atom. The molecule has 3 aromatic carbocycles. The van der Waals surface area contributed by atoms with E-state index in [1.807, 2.05) is 49.4 Å². The van der Waals surface area contributed by atoms with Gasteiger partial charge < -0.3 is 9.29 Å². The van der Waals surface area contributed by atoms with Crippen LogP contribution in [-0.2, 0) is 10.1 Å². The van der Waals surface area contributed by atoms with E-state index in [0.717, 1.165) is 17.0 Å². The van der Waals surface area contributed by atoms with Crippen LogP contribution in [0.5, 0.6) is 11.5 Å². The Morgan fingerprint density at radius 3 is 2.21 bits per heavy atom. The molecule has 0 saturated carbocycles. The van der Waals surface area contributed by atoms with Crippen molar-refractivity contribution < 1.29 is 22.4 Å². The van der Waals surface area contributed by atoms with E-state index >= 15 is 0 Å². The van der Waals surface area contributed by atoms with E-state index in [0.29, 0.717) is 11.4 Å². The van der Waals surface area contributed by atoms with E-state index in [2.05, 4.69) is 5.10 Å². The molecule has 146 valence electrons. The Bertz CT molecular complexity index is 1250. The predicted molar refractivity (Wildman–Crippen MR) is 107 cm³/mol. The number of aromatic amines is 1. The molecule has 0 spiro atoms. The summed E-state index contributed by atoms with van der Waals surface area (Å²) in [6, 6.07) is 24.9. The molecule has 0 aliphatic carbocycles. The summed E-state index contributed by atoms with van der Waals surface area (Å²) in [5.74, 6) is 0.429. The Balaban J connectivity index is 1.83. The lowest BCUT2D eigenvalue weighted by molar-refractivity contribution is -0.645. The molecule has 0 radical (unpaired) electrons. The summed E-state index contributed by atoms with van der Waals surface area (Å²) in [5, 5.41) is 3.19. The van der Waals surface area contributed by atoms with Crippen molar-refractivity contribution in [3.63, 3.8) is 0 Å². The fraction of sp³-hybridized carbons (Fsp3) is 0.0455. The lowest BCUT2D eigenvalue weighted by Crippen LogP contribution is -2.35. The van der Waals surface area contributed by atoms with Gasteiger partial charge in [0.1, 0.15) is 26.5 Å². The van der Waals surface area contributed by atoms with Gasteiger partial charge in [-0.25, -0.2) is 8.42 Å². The summed E-state index contributed by atoms with van der Waals surface area (Å²) >= 11 is 0. The van der Waals surface area contributed by atoms with E-state index in [9.17, 15) is 13.0 Å². The second-order valence-electron chi connectivity index (χ2n) is 6.53. The Morgan fingerprint density at radius 2 is 1.55 bits per heavy atom. The summed E-state index contributed by atoms with van der Waals surface area (Å²) in [5.41, 5.74) is 3.19. The number of benzene rings is 3. The van der Waals surface area contributed by atoms with Gasteiger partial charge in [-0.15, -0.1) is 0 Å². The second-order valence-corrected chi connectivity index (χ2v) is 7.87. The molecule has 0 saturated heterocycles. The van der Waals surface area contributed by atoms with Crippen molar-refractivity contribution in [3.05, 3.63) is 90.6 Å². The zero-order chi connectivity index (χ0) is 20.4. The highest BCUT2D eigenvalue weighted by Gasteiger charge is 2.23. The van der Waals surface area contributed by atoms with Crippen molar-refractivity contribution in [1.82, 2.24) is 5.10 Å². The van der Waals surface area contributed by atoms with Gasteiger partial charge in [-0.3, -0.25) is 0 Å². The normalized spacial score (nSPS) is 11.4. The fourth-order valence-electron chi connectivity index (χ4n) is 3.09. The van der Waals surface area contributed by atoms with Crippen LogP contribution in [0.1, 0.15) is 5.69 Å². The van der Waals surface area contributed by atoms with Gasteiger partial charge >= 0.3 is 0 Å². The number of aryl methyl sites for hydroxylation is 1. The highest BCUT2D eigenvalue weighted by Crippen LogP contribution is 2.30. The molecule has 4 aromatic rings.